The van der Waals surface area contributed by atoms with Crippen LogP contribution in [-0.2, 0) is 16.0 Å². The topological polar surface area (TPSA) is 72.7 Å². The van der Waals surface area contributed by atoms with Gasteiger partial charge in [-0.15, -0.1) is 0 Å². The van der Waals surface area contributed by atoms with Gasteiger partial charge in [0.25, 0.3) is 5.91 Å². The van der Waals surface area contributed by atoms with Gasteiger partial charge in [0.05, 0.1) is 30.1 Å². The summed E-state index contributed by atoms with van der Waals surface area (Å²) in [6.07, 6.45) is 0.740. The molecule has 6 nitrogen and oxygen atoms in total. The number of ether oxygens (including phenoxy) is 2. The van der Waals surface area contributed by atoms with Crippen LogP contribution in [0.2, 0.25) is 0 Å². The van der Waals surface area contributed by atoms with Gasteiger partial charge in [-0.3, -0.25) is 4.79 Å². The molecule has 7 heteroatoms. The first kappa shape index (κ1) is 29.7. The van der Waals surface area contributed by atoms with Gasteiger partial charge < -0.3 is 24.5 Å². The van der Waals surface area contributed by atoms with E-state index in [-0.39, 0.29) is 36.5 Å². The summed E-state index contributed by atoms with van der Waals surface area (Å²) in [5, 5.41) is 13.0. The molecular formula is C35H39FN2O4. The first-order chi connectivity index (χ1) is 20.2. The van der Waals surface area contributed by atoms with Crippen LogP contribution in [-0.4, -0.2) is 40.2 Å². The second kappa shape index (κ2) is 12.6. The van der Waals surface area contributed by atoms with Gasteiger partial charge in [0.15, 0.2) is 5.79 Å². The largest absolute Gasteiger partial charge is 0.394 e. The molecule has 0 bridgehead atoms. The summed E-state index contributed by atoms with van der Waals surface area (Å²) >= 11 is 0. The van der Waals surface area contributed by atoms with Crippen molar-refractivity contribution in [2.45, 2.75) is 71.0 Å². The Morgan fingerprint density at radius 2 is 1.57 bits per heavy atom. The summed E-state index contributed by atoms with van der Waals surface area (Å²) in [5.74, 6) is -1.34. The highest BCUT2D eigenvalue weighted by Crippen LogP contribution is 2.43. The molecule has 0 unspecified atom stereocenters. The Hall–Kier alpha value is -3.78. The summed E-state index contributed by atoms with van der Waals surface area (Å²) in [4.78, 5) is 14.2. The van der Waals surface area contributed by atoms with Crippen LogP contribution >= 0.6 is 0 Å². The maximum atomic E-state index is 14.2. The number of rotatable bonds is 9. The molecule has 42 heavy (non-hydrogen) atoms. The SMILES string of the molecule is CC(C)c1c(C(=O)Nc2ccccc2)c(-c2ccccc2)c(-c2ccc(F)cc2)n1CC[C@@H]1C[C@H](CO)OC(C)(C)O1. The van der Waals surface area contributed by atoms with Gasteiger partial charge >= 0.3 is 0 Å². The monoisotopic (exact) mass is 570 g/mol. The molecule has 2 N–H and O–H groups in total. The number of carbonyl (C=O) groups is 1. The number of hydrogen-bond acceptors (Lipinski definition) is 4. The predicted octanol–water partition coefficient (Wildman–Crippen LogP) is 7.63. The van der Waals surface area contributed by atoms with Crippen molar-refractivity contribution in [3.8, 4) is 22.4 Å². The lowest BCUT2D eigenvalue weighted by Gasteiger charge is -2.40. The minimum Gasteiger partial charge on any atom is -0.394 e. The normalized spacial score (nSPS) is 18.3. The van der Waals surface area contributed by atoms with Gasteiger partial charge in [0.2, 0.25) is 0 Å². The van der Waals surface area contributed by atoms with Crippen molar-refractivity contribution in [2.75, 3.05) is 11.9 Å². The molecule has 3 aromatic carbocycles. The average Bonchev–Trinajstić information content (AvgIpc) is 3.32. The maximum Gasteiger partial charge on any atom is 0.258 e. The van der Waals surface area contributed by atoms with Crippen molar-refractivity contribution >= 4 is 11.6 Å². The van der Waals surface area contributed by atoms with E-state index in [0.717, 1.165) is 28.1 Å². The van der Waals surface area contributed by atoms with E-state index in [1.54, 1.807) is 12.1 Å². The van der Waals surface area contributed by atoms with Crippen LogP contribution in [0.3, 0.4) is 0 Å². The van der Waals surface area contributed by atoms with Crippen LogP contribution in [0.25, 0.3) is 22.4 Å². The Labute approximate surface area is 247 Å². The van der Waals surface area contributed by atoms with E-state index in [9.17, 15) is 14.3 Å². The van der Waals surface area contributed by atoms with Crippen LogP contribution in [0, 0.1) is 5.82 Å². The Balaban J connectivity index is 1.69. The van der Waals surface area contributed by atoms with Gasteiger partial charge in [-0.25, -0.2) is 4.39 Å². The molecule has 220 valence electrons. The first-order valence-corrected chi connectivity index (χ1v) is 14.6. The van der Waals surface area contributed by atoms with Gasteiger partial charge in [0, 0.05) is 29.9 Å². The lowest BCUT2D eigenvalue weighted by atomic mass is 9.94. The van der Waals surface area contributed by atoms with Crippen LogP contribution in [0.4, 0.5) is 10.1 Å². The van der Waals surface area contributed by atoms with E-state index >= 15 is 0 Å². The van der Waals surface area contributed by atoms with Gasteiger partial charge in [0.1, 0.15) is 5.82 Å². The average molecular weight is 571 g/mol. The highest BCUT2D eigenvalue weighted by atomic mass is 19.1. The first-order valence-electron chi connectivity index (χ1n) is 14.6. The third kappa shape index (κ3) is 6.49. The minimum atomic E-state index is -0.816. The number of para-hydroxylation sites is 1. The molecule has 4 aromatic rings. The molecule has 2 atom stereocenters. The number of benzene rings is 3. The molecule has 1 saturated heterocycles. The van der Waals surface area contributed by atoms with Crippen molar-refractivity contribution in [3.05, 3.63) is 102 Å². The zero-order valence-electron chi connectivity index (χ0n) is 24.6. The van der Waals surface area contributed by atoms with Crippen molar-refractivity contribution in [1.29, 1.82) is 0 Å². The summed E-state index contributed by atoms with van der Waals surface area (Å²) in [6.45, 7) is 8.37. The third-order valence-corrected chi connectivity index (χ3v) is 7.59. The van der Waals surface area contributed by atoms with E-state index in [0.29, 0.717) is 30.6 Å². The van der Waals surface area contributed by atoms with Crippen LogP contribution in [0.1, 0.15) is 62.5 Å². The summed E-state index contributed by atoms with van der Waals surface area (Å²) in [5.41, 5.74) is 5.58. The number of aliphatic hydroxyl groups is 1. The van der Waals surface area contributed by atoms with Crippen molar-refractivity contribution < 1.29 is 23.8 Å². The summed E-state index contributed by atoms with van der Waals surface area (Å²) in [7, 11) is 0. The molecular weight excluding hydrogens is 531 g/mol. The number of hydrogen-bond donors (Lipinski definition) is 2. The smallest absolute Gasteiger partial charge is 0.258 e. The van der Waals surface area contributed by atoms with Crippen LogP contribution in [0.15, 0.2) is 84.9 Å². The molecule has 1 amide bonds. The molecule has 2 heterocycles. The number of anilines is 1. The Bertz CT molecular complexity index is 1500. The lowest BCUT2D eigenvalue weighted by molar-refractivity contribution is -0.304. The number of aliphatic hydroxyl groups excluding tert-OH is 1. The number of nitrogens with one attached hydrogen (secondary N) is 1. The Kier molecular flexibility index (Phi) is 8.92. The van der Waals surface area contributed by atoms with Crippen LogP contribution in [0.5, 0.6) is 0 Å². The molecule has 0 radical (unpaired) electrons. The quantitative estimate of drug-likeness (QED) is 0.217. The second-order valence-electron chi connectivity index (χ2n) is 11.6. The Morgan fingerprint density at radius 3 is 2.19 bits per heavy atom. The van der Waals surface area contributed by atoms with Gasteiger partial charge in [-0.1, -0.05) is 62.4 Å². The number of amides is 1. The molecule has 0 saturated carbocycles. The highest BCUT2D eigenvalue weighted by Gasteiger charge is 2.36. The zero-order valence-corrected chi connectivity index (χ0v) is 24.6. The molecule has 1 aromatic heterocycles. The van der Waals surface area contributed by atoms with Crippen molar-refractivity contribution in [1.82, 2.24) is 4.57 Å². The minimum absolute atomic E-state index is 0.00424. The second-order valence-corrected chi connectivity index (χ2v) is 11.6. The molecule has 0 aliphatic carbocycles. The van der Waals surface area contributed by atoms with Gasteiger partial charge in [-0.2, -0.15) is 0 Å². The highest BCUT2D eigenvalue weighted by molar-refractivity contribution is 6.12. The third-order valence-electron chi connectivity index (χ3n) is 7.59. The van der Waals surface area contributed by atoms with Crippen molar-refractivity contribution in [2.24, 2.45) is 0 Å². The van der Waals surface area contributed by atoms with E-state index in [1.807, 2.05) is 74.5 Å². The molecule has 1 fully saturated rings. The van der Waals surface area contributed by atoms with Crippen molar-refractivity contribution in [3.63, 3.8) is 0 Å². The fourth-order valence-electron chi connectivity index (χ4n) is 5.99. The van der Waals surface area contributed by atoms with E-state index in [2.05, 4.69) is 23.7 Å². The Morgan fingerprint density at radius 1 is 0.952 bits per heavy atom. The molecule has 1 aliphatic heterocycles. The number of nitrogens with zero attached hydrogens (tertiary/aromatic N) is 1. The standard InChI is InChI=1S/C35H39FN2O4/c1-23(2)32-31(34(40)37-27-13-9-6-10-14-27)30(24-11-7-5-8-12-24)33(25-15-17-26(36)18-16-25)38(32)20-19-28-21-29(22-39)42-35(3,4)41-28/h5-18,23,28-29,39H,19-22H2,1-4H3,(H,37,40)/t28-,29-/m1/s1. The fourth-order valence-corrected chi connectivity index (χ4v) is 5.99. The lowest BCUT2D eigenvalue weighted by Crippen LogP contribution is -2.46. The molecule has 1 aliphatic rings. The predicted molar refractivity (Wildman–Crippen MR) is 164 cm³/mol. The molecule has 0 spiro atoms. The number of halogens is 1. The summed E-state index contributed by atoms with van der Waals surface area (Å²) in [6, 6.07) is 25.8. The number of carbonyl (C=O) groups excluding carboxylic acids is 1. The summed E-state index contributed by atoms with van der Waals surface area (Å²) < 4.78 is 28.5. The van der Waals surface area contributed by atoms with E-state index in [1.165, 1.54) is 12.1 Å². The fraction of sp³-hybridized carbons (Fsp3) is 0.343. The number of aromatic nitrogens is 1. The van der Waals surface area contributed by atoms with E-state index in [4.69, 9.17) is 9.47 Å². The zero-order chi connectivity index (χ0) is 29.9. The molecule has 5 rings (SSSR count). The maximum absolute atomic E-state index is 14.2. The van der Waals surface area contributed by atoms with Crippen LogP contribution < -0.4 is 5.32 Å². The van der Waals surface area contributed by atoms with E-state index < -0.39 is 5.79 Å². The van der Waals surface area contributed by atoms with Gasteiger partial charge in [-0.05, 0) is 73.7 Å².